The third-order valence-electron chi connectivity index (χ3n) is 5.59. The topological polar surface area (TPSA) is 35.8 Å². The lowest BCUT2D eigenvalue weighted by Gasteiger charge is -2.13. The smallest absolute Gasteiger partial charge is 0.190 e. The third kappa shape index (κ3) is 5.17. The highest BCUT2D eigenvalue weighted by Gasteiger charge is 2.12. The van der Waals surface area contributed by atoms with Gasteiger partial charge in [0.1, 0.15) is 5.82 Å². The molecule has 33 heavy (non-hydrogen) atoms. The normalized spacial score (nSPS) is 11.6. The van der Waals surface area contributed by atoms with Gasteiger partial charge in [0.05, 0.1) is 25.6 Å². The lowest BCUT2D eigenvalue weighted by molar-refractivity contribution is 0.354. The number of halogens is 1. The fraction of sp³-hybridized carbons (Fsp3) is 0.222. The molecule has 6 heteroatoms. The molecule has 0 unspecified atom stereocenters. The summed E-state index contributed by atoms with van der Waals surface area (Å²) in [7, 11) is 3.28. The first-order chi connectivity index (χ1) is 16.0. The summed E-state index contributed by atoms with van der Waals surface area (Å²) in [6.07, 6.45) is 0.797. The van der Waals surface area contributed by atoms with E-state index in [0.29, 0.717) is 5.75 Å². The maximum absolute atomic E-state index is 13.4. The molecule has 1 heterocycles. The molecule has 4 aromatic rings. The summed E-state index contributed by atoms with van der Waals surface area (Å²) in [5.74, 6) is 1.17. The van der Waals surface area contributed by atoms with E-state index in [4.69, 9.17) is 14.5 Å². The van der Waals surface area contributed by atoms with Crippen LogP contribution in [0.4, 0.5) is 10.1 Å². The van der Waals surface area contributed by atoms with E-state index in [1.807, 2.05) is 12.1 Å². The number of aromatic nitrogens is 1. The van der Waals surface area contributed by atoms with Crippen molar-refractivity contribution in [1.29, 1.82) is 0 Å². The molecule has 3 aromatic carbocycles. The van der Waals surface area contributed by atoms with Crippen molar-refractivity contribution in [2.75, 3.05) is 14.2 Å². The number of hydrogen-bond acceptors (Lipinski definition) is 4. The maximum atomic E-state index is 13.4. The van der Waals surface area contributed by atoms with Crippen LogP contribution in [0.15, 0.2) is 71.0 Å². The van der Waals surface area contributed by atoms with Crippen molar-refractivity contribution in [3.63, 3.8) is 0 Å². The Balaban J connectivity index is 1.76. The first kappa shape index (κ1) is 22.8. The molecule has 0 amide bonds. The zero-order valence-corrected chi connectivity index (χ0v) is 20.1. The van der Waals surface area contributed by atoms with E-state index in [2.05, 4.69) is 48.1 Å². The van der Waals surface area contributed by atoms with Crippen molar-refractivity contribution in [2.45, 2.75) is 26.8 Å². The number of hydrogen-bond donors (Lipinski definition) is 0. The second-order valence-electron chi connectivity index (χ2n) is 7.90. The molecule has 170 valence electrons. The highest BCUT2D eigenvalue weighted by atomic mass is 32.1. The Hall–Kier alpha value is -3.38. The molecule has 0 saturated carbocycles. The van der Waals surface area contributed by atoms with E-state index >= 15 is 0 Å². The van der Waals surface area contributed by atoms with Crippen LogP contribution in [-0.2, 0) is 13.0 Å². The van der Waals surface area contributed by atoms with Gasteiger partial charge in [-0.3, -0.25) is 0 Å². The van der Waals surface area contributed by atoms with Crippen molar-refractivity contribution in [3.8, 4) is 22.8 Å². The van der Waals surface area contributed by atoms with Crippen molar-refractivity contribution in [3.05, 3.63) is 93.4 Å². The zero-order chi connectivity index (χ0) is 23.4. The number of thiazole rings is 1. The fourth-order valence-electron chi connectivity index (χ4n) is 3.77. The van der Waals surface area contributed by atoms with Gasteiger partial charge in [-0.05, 0) is 73.9 Å². The largest absolute Gasteiger partial charge is 0.493 e. The number of aryl methyl sites for hydroxylation is 3. The van der Waals surface area contributed by atoms with Crippen molar-refractivity contribution >= 4 is 17.0 Å². The molecule has 0 bridgehead atoms. The lowest BCUT2D eigenvalue weighted by Crippen LogP contribution is -2.17. The summed E-state index contributed by atoms with van der Waals surface area (Å²) >= 11 is 1.59. The predicted molar refractivity (Wildman–Crippen MR) is 132 cm³/mol. The van der Waals surface area contributed by atoms with E-state index in [1.165, 1.54) is 28.8 Å². The summed E-state index contributed by atoms with van der Waals surface area (Å²) in [5.41, 5.74) is 6.62. The number of methoxy groups -OCH3 is 2. The van der Waals surface area contributed by atoms with Gasteiger partial charge in [0.2, 0.25) is 0 Å². The fourth-order valence-corrected chi connectivity index (χ4v) is 4.71. The zero-order valence-electron chi connectivity index (χ0n) is 19.3. The van der Waals surface area contributed by atoms with Crippen LogP contribution < -0.4 is 14.3 Å². The molecule has 4 nitrogen and oxygen atoms in total. The van der Waals surface area contributed by atoms with E-state index in [0.717, 1.165) is 40.5 Å². The van der Waals surface area contributed by atoms with Crippen molar-refractivity contribution < 1.29 is 13.9 Å². The Morgan fingerprint density at radius 2 is 1.67 bits per heavy atom. The minimum Gasteiger partial charge on any atom is -0.493 e. The second-order valence-corrected chi connectivity index (χ2v) is 8.74. The Morgan fingerprint density at radius 3 is 2.39 bits per heavy atom. The van der Waals surface area contributed by atoms with E-state index in [-0.39, 0.29) is 5.82 Å². The Bertz CT molecular complexity index is 1320. The molecular formula is C27H27FN2O2S. The molecular weight excluding hydrogens is 435 g/mol. The first-order valence-corrected chi connectivity index (χ1v) is 11.6. The minimum absolute atomic E-state index is 0.266. The van der Waals surface area contributed by atoms with E-state index in [9.17, 15) is 4.39 Å². The Morgan fingerprint density at radius 1 is 0.909 bits per heavy atom. The summed E-state index contributed by atoms with van der Waals surface area (Å²) in [5, 5.41) is 2.15. The molecule has 0 radical (unpaired) electrons. The quantitative estimate of drug-likeness (QED) is 0.316. The molecule has 0 aliphatic heterocycles. The number of rotatable bonds is 7. The highest BCUT2D eigenvalue weighted by molar-refractivity contribution is 7.07. The highest BCUT2D eigenvalue weighted by Crippen LogP contribution is 2.29. The SMILES string of the molecule is COc1ccc(CCn2c(-c3cc(C)ccc3C)csc2=Nc2ccc(F)cc2)cc1OC. The van der Waals surface area contributed by atoms with Crippen LogP contribution in [0.1, 0.15) is 16.7 Å². The monoisotopic (exact) mass is 462 g/mol. The van der Waals surface area contributed by atoms with Crippen LogP contribution in [0.5, 0.6) is 11.5 Å². The molecule has 0 aliphatic rings. The van der Waals surface area contributed by atoms with Crippen molar-refractivity contribution in [2.24, 2.45) is 4.99 Å². The molecule has 0 N–H and O–H groups in total. The van der Waals surface area contributed by atoms with Crippen LogP contribution in [0.25, 0.3) is 11.3 Å². The van der Waals surface area contributed by atoms with Crippen LogP contribution >= 0.6 is 11.3 Å². The van der Waals surface area contributed by atoms with E-state index < -0.39 is 0 Å². The average Bonchev–Trinajstić information content (AvgIpc) is 3.22. The number of nitrogens with zero attached hydrogens (tertiary/aromatic N) is 2. The minimum atomic E-state index is -0.266. The van der Waals surface area contributed by atoms with Gasteiger partial charge < -0.3 is 14.0 Å². The molecule has 0 spiro atoms. The predicted octanol–water partition coefficient (Wildman–Crippen LogP) is 6.46. The maximum Gasteiger partial charge on any atom is 0.190 e. The Labute approximate surface area is 197 Å². The molecule has 0 aliphatic carbocycles. The van der Waals surface area contributed by atoms with Gasteiger partial charge in [0.25, 0.3) is 0 Å². The van der Waals surface area contributed by atoms with Crippen LogP contribution in [0, 0.1) is 19.7 Å². The van der Waals surface area contributed by atoms with E-state index in [1.54, 1.807) is 37.7 Å². The first-order valence-electron chi connectivity index (χ1n) is 10.8. The molecule has 0 saturated heterocycles. The van der Waals surface area contributed by atoms with Gasteiger partial charge in [0, 0.05) is 17.5 Å². The standard InChI is InChI=1S/C27H27FN2O2S/c1-18-5-6-19(2)23(15-18)24-17-33-27(29-22-10-8-21(28)9-11-22)30(24)14-13-20-7-12-25(31-3)26(16-20)32-4/h5-12,15-17H,13-14H2,1-4H3. The average molecular weight is 463 g/mol. The second kappa shape index (κ2) is 10.0. The van der Waals surface area contributed by atoms with Gasteiger partial charge in [-0.15, -0.1) is 11.3 Å². The van der Waals surface area contributed by atoms with Crippen LogP contribution in [0.3, 0.4) is 0 Å². The van der Waals surface area contributed by atoms with Gasteiger partial charge in [-0.1, -0.05) is 23.8 Å². The van der Waals surface area contributed by atoms with Gasteiger partial charge >= 0.3 is 0 Å². The number of ether oxygens (including phenoxy) is 2. The summed E-state index contributed by atoms with van der Waals surface area (Å²) in [6, 6.07) is 18.8. The lowest BCUT2D eigenvalue weighted by atomic mass is 10.0. The van der Waals surface area contributed by atoms with Crippen LogP contribution in [0.2, 0.25) is 0 Å². The molecule has 0 atom stereocenters. The Kier molecular flexibility index (Phi) is 6.94. The summed E-state index contributed by atoms with van der Waals surface area (Å²) in [6.45, 7) is 4.97. The molecule has 4 rings (SSSR count). The summed E-state index contributed by atoms with van der Waals surface area (Å²) < 4.78 is 26.5. The van der Waals surface area contributed by atoms with Crippen LogP contribution in [-0.4, -0.2) is 18.8 Å². The van der Waals surface area contributed by atoms with Crippen molar-refractivity contribution in [1.82, 2.24) is 4.57 Å². The third-order valence-corrected chi connectivity index (χ3v) is 6.45. The summed E-state index contributed by atoms with van der Waals surface area (Å²) in [4.78, 5) is 5.70. The molecule has 0 fully saturated rings. The number of benzene rings is 3. The van der Waals surface area contributed by atoms with Gasteiger partial charge in [-0.2, -0.15) is 0 Å². The van der Waals surface area contributed by atoms with Gasteiger partial charge in [-0.25, -0.2) is 9.38 Å². The molecule has 1 aromatic heterocycles. The van der Waals surface area contributed by atoms with Gasteiger partial charge in [0.15, 0.2) is 16.3 Å².